The molecule has 0 saturated heterocycles. The Balaban J connectivity index is 1.76. The molecule has 23 heavy (non-hydrogen) atoms. The van der Waals surface area contributed by atoms with Gasteiger partial charge < -0.3 is 10.3 Å². The standard InChI is InChI=1S/C14H13N7O2/c1-9-15-7-11(14(23)17-9)13(22)16-8-12-18-19-20-21(12)10-5-3-2-4-6-10/h2-7H,8H2,1H3,(H,16,22)(H,15,17,23). The predicted octanol–water partition coefficient (Wildman–Crippen LogP) is -0.0160. The number of nitrogens with zero attached hydrogens (tertiary/aromatic N) is 5. The van der Waals surface area contributed by atoms with Crippen LogP contribution in [0.4, 0.5) is 0 Å². The molecule has 0 fully saturated rings. The van der Waals surface area contributed by atoms with Crippen LogP contribution in [0.15, 0.2) is 41.3 Å². The van der Waals surface area contributed by atoms with Crippen LogP contribution >= 0.6 is 0 Å². The van der Waals surface area contributed by atoms with Gasteiger partial charge in [-0.3, -0.25) is 9.59 Å². The van der Waals surface area contributed by atoms with Crippen LogP contribution in [0.5, 0.6) is 0 Å². The van der Waals surface area contributed by atoms with E-state index in [1.807, 2.05) is 30.3 Å². The van der Waals surface area contributed by atoms with Crippen LogP contribution < -0.4 is 10.9 Å². The first-order valence-electron chi connectivity index (χ1n) is 6.82. The number of nitrogens with one attached hydrogen (secondary N) is 2. The number of carbonyl (C=O) groups excluding carboxylic acids is 1. The number of para-hydroxylation sites is 1. The van der Waals surface area contributed by atoms with Crippen molar-refractivity contribution in [2.24, 2.45) is 0 Å². The largest absolute Gasteiger partial charge is 0.344 e. The maximum atomic E-state index is 12.1. The zero-order chi connectivity index (χ0) is 16.2. The molecular formula is C14H13N7O2. The fourth-order valence-electron chi connectivity index (χ4n) is 1.99. The van der Waals surface area contributed by atoms with Crippen LogP contribution in [0, 0.1) is 6.92 Å². The van der Waals surface area contributed by atoms with E-state index in [9.17, 15) is 9.59 Å². The molecule has 0 atom stereocenters. The fraction of sp³-hybridized carbons (Fsp3) is 0.143. The molecule has 0 unspecified atom stereocenters. The third-order valence-electron chi connectivity index (χ3n) is 3.11. The number of H-pyrrole nitrogens is 1. The van der Waals surface area contributed by atoms with Crippen LogP contribution in [-0.4, -0.2) is 36.1 Å². The summed E-state index contributed by atoms with van der Waals surface area (Å²) in [4.78, 5) is 30.2. The van der Waals surface area contributed by atoms with Crippen molar-refractivity contribution < 1.29 is 4.79 Å². The van der Waals surface area contributed by atoms with Crippen molar-refractivity contribution in [1.29, 1.82) is 0 Å². The summed E-state index contributed by atoms with van der Waals surface area (Å²) in [7, 11) is 0. The van der Waals surface area contributed by atoms with Gasteiger partial charge in [0.05, 0.1) is 12.2 Å². The number of hydrogen-bond donors (Lipinski definition) is 2. The van der Waals surface area contributed by atoms with Gasteiger partial charge in [-0.15, -0.1) is 5.10 Å². The monoisotopic (exact) mass is 311 g/mol. The fourth-order valence-corrected chi connectivity index (χ4v) is 1.99. The van der Waals surface area contributed by atoms with E-state index in [1.54, 1.807) is 6.92 Å². The molecule has 0 spiro atoms. The number of hydrogen-bond acceptors (Lipinski definition) is 6. The number of benzene rings is 1. The number of carbonyl (C=O) groups is 1. The van der Waals surface area contributed by atoms with Gasteiger partial charge in [0.15, 0.2) is 5.82 Å². The van der Waals surface area contributed by atoms with Gasteiger partial charge in [-0.2, -0.15) is 4.68 Å². The summed E-state index contributed by atoms with van der Waals surface area (Å²) in [5, 5.41) is 14.0. The summed E-state index contributed by atoms with van der Waals surface area (Å²) in [6.07, 6.45) is 1.24. The van der Waals surface area contributed by atoms with E-state index in [0.29, 0.717) is 11.6 Å². The molecule has 2 aromatic heterocycles. The highest BCUT2D eigenvalue weighted by molar-refractivity contribution is 5.93. The van der Waals surface area contributed by atoms with E-state index in [2.05, 4.69) is 30.8 Å². The van der Waals surface area contributed by atoms with Crippen molar-refractivity contribution in [2.45, 2.75) is 13.5 Å². The molecule has 116 valence electrons. The minimum absolute atomic E-state index is 0.0608. The smallest absolute Gasteiger partial charge is 0.263 e. The quantitative estimate of drug-likeness (QED) is 0.699. The highest BCUT2D eigenvalue weighted by Gasteiger charge is 2.13. The maximum Gasteiger partial charge on any atom is 0.263 e. The minimum Gasteiger partial charge on any atom is -0.344 e. The SMILES string of the molecule is Cc1ncc(C(=O)NCc2nnnn2-c2ccccc2)c(=O)[nH]1. The number of aromatic amines is 1. The first kappa shape index (κ1) is 14.6. The summed E-state index contributed by atoms with van der Waals surface area (Å²) in [6, 6.07) is 9.28. The number of aryl methyl sites for hydroxylation is 1. The molecule has 1 amide bonds. The number of amides is 1. The van der Waals surface area contributed by atoms with Gasteiger partial charge in [0.1, 0.15) is 11.4 Å². The Morgan fingerprint density at radius 1 is 1.30 bits per heavy atom. The third-order valence-corrected chi connectivity index (χ3v) is 3.11. The molecule has 0 aliphatic carbocycles. The van der Waals surface area contributed by atoms with Crippen LogP contribution in [0.2, 0.25) is 0 Å². The third kappa shape index (κ3) is 3.12. The lowest BCUT2D eigenvalue weighted by molar-refractivity contribution is 0.0947. The Kier molecular flexibility index (Phi) is 3.91. The molecule has 3 aromatic rings. The summed E-state index contributed by atoms with van der Waals surface area (Å²) in [6.45, 7) is 1.71. The summed E-state index contributed by atoms with van der Waals surface area (Å²) in [5.41, 5.74) is 0.226. The highest BCUT2D eigenvalue weighted by atomic mass is 16.2. The van der Waals surface area contributed by atoms with E-state index < -0.39 is 11.5 Å². The Bertz CT molecular complexity index is 885. The molecule has 2 heterocycles. The molecule has 0 aliphatic heterocycles. The van der Waals surface area contributed by atoms with Crippen molar-refractivity contribution in [2.75, 3.05) is 0 Å². The van der Waals surface area contributed by atoms with Crippen LogP contribution in [0.1, 0.15) is 22.0 Å². The van der Waals surface area contributed by atoms with Crippen molar-refractivity contribution in [3.63, 3.8) is 0 Å². The topological polar surface area (TPSA) is 118 Å². The van der Waals surface area contributed by atoms with Gasteiger partial charge in [0, 0.05) is 6.20 Å². The van der Waals surface area contributed by atoms with Crippen molar-refractivity contribution in [1.82, 2.24) is 35.5 Å². The van der Waals surface area contributed by atoms with Gasteiger partial charge in [0.25, 0.3) is 11.5 Å². The van der Waals surface area contributed by atoms with Gasteiger partial charge >= 0.3 is 0 Å². The first-order chi connectivity index (χ1) is 11.1. The van der Waals surface area contributed by atoms with Gasteiger partial charge in [-0.1, -0.05) is 18.2 Å². The minimum atomic E-state index is -0.540. The molecule has 0 bridgehead atoms. The lowest BCUT2D eigenvalue weighted by atomic mass is 10.3. The summed E-state index contributed by atoms with van der Waals surface area (Å²) < 4.78 is 1.51. The predicted molar refractivity (Wildman–Crippen MR) is 79.9 cm³/mol. The first-order valence-corrected chi connectivity index (χ1v) is 6.82. The Hall–Kier alpha value is -3.36. The molecule has 9 heteroatoms. The number of rotatable bonds is 4. The highest BCUT2D eigenvalue weighted by Crippen LogP contribution is 2.06. The molecule has 0 saturated carbocycles. The summed E-state index contributed by atoms with van der Waals surface area (Å²) in [5.74, 6) is 0.349. The molecular weight excluding hydrogens is 298 g/mol. The Morgan fingerprint density at radius 2 is 2.09 bits per heavy atom. The maximum absolute atomic E-state index is 12.1. The van der Waals surface area contributed by atoms with E-state index in [0.717, 1.165) is 5.69 Å². The van der Waals surface area contributed by atoms with E-state index in [4.69, 9.17) is 0 Å². The van der Waals surface area contributed by atoms with Crippen molar-refractivity contribution in [3.05, 3.63) is 64.1 Å². The second-order valence-electron chi connectivity index (χ2n) is 4.74. The van der Waals surface area contributed by atoms with Gasteiger partial charge in [-0.25, -0.2) is 4.98 Å². The lowest BCUT2D eigenvalue weighted by Gasteiger charge is -2.06. The molecule has 9 nitrogen and oxygen atoms in total. The van der Waals surface area contributed by atoms with Crippen LogP contribution in [0.3, 0.4) is 0 Å². The average Bonchev–Trinajstić information content (AvgIpc) is 3.02. The number of tetrazole rings is 1. The average molecular weight is 311 g/mol. The van der Waals surface area contributed by atoms with Crippen LogP contribution in [0.25, 0.3) is 5.69 Å². The normalized spacial score (nSPS) is 10.5. The van der Waals surface area contributed by atoms with E-state index in [1.165, 1.54) is 10.9 Å². The number of aromatic nitrogens is 6. The zero-order valence-electron chi connectivity index (χ0n) is 12.2. The summed E-state index contributed by atoms with van der Waals surface area (Å²) >= 11 is 0. The van der Waals surface area contributed by atoms with Crippen molar-refractivity contribution >= 4 is 5.91 Å². The molecule has 0 aliphatic rings. The van der Waals surface area contributed by atoms with E-state index >= 15 is 0 Å². The Morgan fingerprint density at radius 3 is 2.83 bits per heavy atom. The molecule has 1 aromatic carbocycles. The zero-order valence-corrected chi connectivity index (χ0v) is 12.2. The molecule has 3 rings (SSSR count). The van der Waals surface area contributed by atoms with Crippen molar-refractivity contribution in [3.8, 4) is 5.69 Å². The Labute approximate surface area is 130 Å². The van der Waals surface area contributed by atoms with Crippen LogP contribution in [-0.2, 0) is 6.54 Å². The van der Waals surface area contributed by atoms with Gasteiger partial charge in [-0.05, 0) is 29.5 Å². The lowest BCUT2D eigenvalue weighted by Crippen LogP contribution is -2.30. The molecule has 0 radical (unpaired) electrons. The second-order valence-corrected chi connectivity index (χ2v) is 4.74. The molecule has 2 N–H and O–H groups in total. The van der Waals surface area contributed by atoms with Gasteiger partial charge in [0.2, 0.25) is 0 Å². The van der Waals surface area contributed by atoms with E-state index in [-0.39, 0.29) is 12.1 Å². The second kappa shape index (κ2) is 6.18.